The van der Waals surface area contributed by atoms with Gasteiger partial charge < -0.3 is 5.32 Å². The molecule has 0 bridgehead atoms. The van der Waals surface area contributed by atoms with Gasteiger partial charge in [0.05, 0.1) is 0 Å². The highest BCUT2D eigenvalue weighted by atomic mass is 19.1. The van der Waals surface area contributed by atoms with Crippen LogP contribution in [0.1, 0.15) is 17.2 Å². The molecule has 1 atom stereocenters. The maximum atomic E-state index is 13.2. The Hall–Kier alpha value is -2.43. The summed E-state index contributed by atoms with van der Waals surface area (Å²) in [7, 11) is 0. The van der Waals surface area contributed by atoms with Gasteiger partial charge in [-0.1, -0.05) is 30.3 Å². The number of rotatable bonds is 5. The van der Waals surface area contributed by atoms with E-state index in [1.54, 1.807) is 12.1 Å². The first kappa shape index (κ1) is 14.0. The molecule has 0 saturated carbocycles. The summed E-state index contributed by atoms with van der Waals surface area (Å²) >= 11 is 0. The van der Waals surface area contributed by atoms with Crippen molar-refractivity contribution in [2.45, 2.75) is 13.0 Å². The number of hydrogen-bond donors (Lipinski definition) is 1. The summed E-state index contributed by atoms with van der Waals surface area (Å²) in [6.45, 7) is 1.64. The number of aryl methyl sites for hydroxylation is 1. The van der Waals surface area contributed by atoms with E-state index in [2.05, 4.69) is 5.32 Å². The van der Waals surface area contributed by atoms with Crippen molar-refractivity contribution < 1.29 is 9.31 Å². The first-order valence-electron chi connectivity index (χ1n) is 6.25. The van der Waals surface area contributed by atoms with Crippen LogP contribution in [0.4, 0.5) is 10.1 Å². The van der Waals surface area contributed by atoms with E-state index in [1.165, 1.54) is 12.1 Å². The summed E-state index contributed by atoms with van der Waals surface area (Å²) < 4.78 is 13.2. The second-order valence-electron chi connectivity index (χ2n) is 4.58. The Morgan fingerprint density at radius 1 is 1.25 bits per heavy atom. The van der Waals surface area contributed by atoms with Crippen LogP contribution < -0.4 is 5.32 Å². The van der Waals surface area contributed by atoms with Gasteiger partial charge in [-0.25, -0.2) is 4.39 Å². The predicted molar refractivity (Wildman–Crippen MR) is 75.8 cm³/mol. The number of nitrogens with one attached hydrogen (secondary N) is 1. The molecule has 5 heteroatoms. The summed E-state index contributed by atoms with van der Waals surface area (Å²) in [6, 6.07) is 12.9. The van der Waals surface area contributed by atoms with E-state index in [1.807, 2.05) is 31.2 Å². The van der Waals surface area contributed by atoms with Gasteiger partial charge in [0.15, 0.2) is 0 Å². The SMILES string of the molecule is Cc1ccccc1C(C[N+](=O)[O-])Nc1cccc(F)c1. The fourth-order valence-electron chi connectivity index (χ4n) is 2.13. The fourth-order valence-corrected chi connectivity index (χ4v) is 2.13. The molecule has 0 aliphatic rings. The molecule has 4 nitrogen and oxygen atoms in total. The Bertz CT molecular complexity index is 616. The summed E-state index contributed by atoms with van der Waals surface area (Å²) in [5.41, 5.74) is 2.33. The van der Waals surface area contributed by atoms with Crippen LogP contribution in [0.5, 0.6) is 0 Å². The Morgan fingerprint density at radius 2 is 2.00 bits per heavy atom. The number of nitrogens with zero attached hydrogens (tertiary/aromatic N) is 1. The third-order valence-electron chi connectivity index (χ3n) is 3.06. The van der Waals surface area contributed by atoms with Crippen molar-refractivity contribution in [3.05, 3.63) is 75.6 Å². The minimum absolute atomic E-state index is 0.263. The average Bonchev–Trinajstić information content (AvgIpc) is 2.38. The summed E-state index contributed by atoms with van der Waals surface area (Å²) in [5.74, 6) is -0.375. The summed E-state index contributed by atoms with van der Waals surface area (Å²) in [5, 5.41) is 13.9. The van der Waals surface area contributed by atoms with Crippen LogP contribution in [0, 0.1) is 22.9 Å². The van der Waals surface area contributed by atoms with Gasteiger partial charge in [0.1, 0.15) is 11.9 Å². The molecule has 0 aliphatic heterocycles. The Labute approximate surface area is 116 Å². The third-order valence-corrected chi connectivity index (χ3v) is 3.06. The molecular formula is C15H15FN2O2. The van der Waals surface area contributed by atoms with Crippen molar-refractivity contribution in [2.24, 2.45) is 0 Å². The zero-order valence-corrected chi connectivity index (χ0v) is 11.0. The Morgan fingerprint density at radius 3 is 2.65 bits per heavy atom. The number of benzene rings is 2. The molecule has 0 aliphatic carbocycles. The van der Waals surface area contributed by atoms with E-state index in [9.17, 15) is 14.5 Å². The van der Waals surface area contributed by atoms with Crippen molar-refractivity contribution in [3.8, 4) is 0 Å². The molecule has 0 radical (unpaired) electrons. The molecule has 0 aromatic heterocycles. The molecular weight excluding hydrogens is 259 g/mol. The lowest BCUT2D eigenvalue weighted by Crippen LogP contribution is -2.21. The highest BCUT2D eigenvalue weighted by Crippen LogP contribution is 2.23. The Balaban J connectivity index is 2.29. The second-order valence-corrected chi connectivity index (χ2v) is 4.58. The maximum absolute atomic E-state index is 13.2. The van der Waals surface area contributed by atoms with Crippen LogP contribution in [-0.4, -0.2) is 11.5 Å². The smallest absolute Gasteiger partial charge is 0.227 e. The van der Waals surface area contributed by atoms with Crippen molar-refractivity contribution in [3.63, 3.8) is 0 Å². The van der Waals surface area contributed by atoms with E-state index < -0.39 is 6.04 Å². The van der Waals surface area contributed by atoms with Crippen molar-refractivity contribution >= 4 is 5.69 Å². The van der Waals surface area contributed by atoms with Gasteiger partial charge >= 0.3 is 0 Å². The number of halogens is 1. The molecule has 0 spiro atoms. The van der Waals surface area contributed by atoms with Gasteiger partial charge in [-0.05, 0) is 36.2 Å². The van der Waals surface area contributed by atoms with Gasteiger partial charge in [0.25, 0.3) is 0 Å². The van der Waals surface area contributed by atoms with Gasteiger partial charge in [-0.2, -0.15) is 0 Å². The fraction of sp³-hybridized carbons (Fsp3) is 0.200. The van der Waals surface area contributed by atoms with Crippen LogP contribution in [0.25, 0.3) is 0 Å². The van der Waals surface area contributed by atoms with Crippen LogP contribution in [0.3, 0.4) is 0 Å². The molecule has 2 rings (SSSR count). The minimum atomic E-state index is -0.493. The lowest BCUT2D eigenvalue weighted by molar-refractivity contribution is -0.482. The van der Waals surface area contributed by atoms with Crippen molar-refractivity contribution in [1.82, 2.24) is 0 Å². The first-order chi connectivity index (χ1) is 9.56. The van der Waals surface area contributed by atoms with E-state index >= 15 is 0 Å². The maximum Gasteiger partial charge on any atom is 0.227 e. The second kappa shape index (κ2) is 6.14. The lowest BCUT2D eigenvalue weighted by Gasteiger charge is -2.18. The van der Waals surface area contributed by atoms with Gasteiger partial charge in [0.2, 0.25) is 6.54 Å². The molecule has 0 amide bonds. The van der Waals surface area contributed by atoms with E-state index in [4.69, 9.17) is 0 Å². The molecule has 20 heavy (non-hydrogen) atoms. The van der Waals surface area contributed by atoms with E-state index in [0.29, 0.717) is 5.69 Å². The molecule has 0 fully saturated rings. The predicted octanol–water partition coefficient (Wildman–Crippen LogP) is 3.56. The van der Waals surface area contributed by atoms with Crippen LogP contribution in [0.2, 0.25) is 0 Å². The molecule has 1 N–H and O–H groups in total. The standard InChI is InChI=1S/C15H15FN2O2/c1-11-5-2-3-8-14(11)15(10-18(19)20)17-13-7-4-6-12(16)9-13/h2-9,15,17H,10H2,1H3. The average molecular weight is 274 g/mol. The monoisotopic (exact) mass is 274 g/mol. The molecule has 2 aromatic carbocycles. The van der Waals surface area contributed by atoms with Gasteiger partial charge in [-0.15, -0.1) is 0 Å². The lowest BCUT2D eigenvalue weighted by atomic mass is 10.0. The van der Waals surface area contributed by atoms with Crippen molar-refractivity contribution in [2.75, 3.05) is 11.9 Å². The molecule has 2 aromatic rings. The summed E-state index contributed by atoms with van der Waals surface area (Å²) in [6.07, 6.45) is 0. The summed E-state index contributed by atoms with van der Waals surface area (Å²) in [4.78, 5) is 10.5. The van der Waals surface area contributed by atoms with Crippen LogP contribution in [0.15, 0.2) is 48.5 Å². The molecule has 104 valence electrons. The number of hydrogen-bond acceptors (Lipinski definition) is 3. The van der Waals surface area contributed by atoms with Crippen LogP contribution in [-0.2, 0) is 0 Å². The molecule has 1 unspecified atom stereocenters. The molecule has 0 saturated heterocycles. The van der Waals surface area contributed by atoms with Crippen LogP contribution >= 0.6 is 0 Å². The zero-order chi connectivity index (χ0) is 14.5. The quantitative estimate of drug-likeness (QED) is 0.670. The Kier molecular flexibility index (Phi) is 4.30. The molecule has 0 heterocycles. The van der Waals surface area contributed by atoms with Gasteiger partial charge in [-0.3, -0.25) is 10.1 Å². The number of anilines is 1. The van der Waals surface area contributed by atoms with E-state index in [-0.39, 0.29) is 17.3 Å². The normalized spacial score (nSPS) is 11.9. The minimum Gasteiger partial charge on any atom is -0.372 e. The topological polar surface area (TPSA) is 55.2 Å². The van der Waals surface area contributed by atoms with E-state index in [0.717, 1.165) is 11.1 Å². The zero-order valence-electron chi connectivity index (χ0n) is 11.0. The highest BCUT2D eigenvalue weighted by Gasteiger charge is 2.19. The van der Waals surface area contributed by atoms with Gasteiger partial charge in [0, 0.05) is 10.6 Å². The third kappa shape index (κ3) is 3.54. The largest absolute Gasteiger partial charge is 0.372 e. The van der Waals surface area contributed by atoms with Crippen molar-refractivity contribution in [1.29, 1.82) is 0 Å². The number of nitro groups is 1. The highest BCUT2D eigenvalue weighted by molar-refractivity contribution is 5.46. The first-order valence-corrected chi connectivity index (χ1v) is 6.25.